The Balaban J connectivity index is 3.69. The van der Waals surface area contributed by atoms with Crippen LogP contribution in [0, 0.1) is 5.92 Å². The number of nitrogens with zero attached hydrogens (tertiary/aromatic N) is 1. The molecular weight excluding hydrogens is 152 g/mol. The van der Waals surface area contributed by atoms with Crippen LogP contribution in [0.3, 0.4) is 0 Å². The summed E-state index contributed by atoms with van der Waals surface area (Å²) in [6.45, 7) is 6.70. The summed E-state index contributed by atoms with van der Waals surface area (Å²) in [7, 11) is 4.00. The smallest absolute Gasteiger partial charge is 0.222 e. The number of likely N-dealkylation sites (N-methyl/N-ethyl adjacent to an activating group) is 1. The van der Waals surface area contributed by atoms with Gasteiger partial charge in [0.05, 0.1) is 0 Å². The van der Waals surface area contributed by atoms with Gasteiger partial charge in [0.1, 0.15) is 0 Å². The molecule has 3 heteroatoms. The molecule has 12 heavy (non-hydrogen) atoms. The molecule has 1 atom stereocenters. The van der Waals surface area contributed by atoms with Crippen molar-refractivity contribution in [2.24, 2.45) is 5.92 Å². The van der Waals surface area contributed by atoms with Crippen LogP contribution in [0.25, 0.3) is 0 Å². The largest absolute Gasteiger partial charge is 0.352 e. The van der Waals surface area contributed by atoms with Gasteiger partial charge in [-0.2, -0.15) is 0 Å². The zero-order valence-electron chi connectivity index (χ0n) is 8.72. The van der Waals surface area contributed by atoms with Crippen LogP contribution < -0.4 is 5.32 Å². The summed E-state index contributed by atoms with van der Waals surface area (Å²) >= 11 is 0. The molecule has 0 aromatic heterocycles. The first-order valence-corrected chi connectivity index (χ1v) is 4.38. The van der Waals surface area contributed by atoms with Crippen molar-refractivity contribution in [1.29, 1.82) is 0 Å². The highest BCUT2D eigenvalue weighted by atomic mass is 16.1. The van der Waals surface area contributed by atoms with Crippen molar-refractivity contribution >= 4 is 5.91 Å². The molecule has 1 amide bonds. The van der Waals surface area contributed by atoms with E-state index in [4.69, 9.17) is 0 Å². The molecule has 72 valence electrons. The van der Waals surface area contributed by atoms with Gasteiger partial charge in [-0.15, -0.1) is 0 Å². The summed E-state index contributed by atoms with van der Waals surface area (Å²) in [5, 5.41) is 2.93. The fraction of sp³-hybridized carbons (Fsp3) is 0.889. The molecule has 0 aromatic rings. The Hall–Kier alpha value is -0.570. The van der Waals surface area contributed by atoms with Crippen molar-refractivity contribution in [1.82, 2.24) is 10.2 Å². The number of amides is 1. The average Bonchev–Trinajstić information content (AvgIpc) is 1.84. The molecule has 1 N–H and O–H groups in total. The minimum Gasteiger partial charge on any atom is -0.352 e. The maximum atomic E-state index is 11.2. The first-order chi connectivity index (χ1) is 5.43. The second kappa shape index (κ2) is 5.14. The van der Waals surface area contributed by atoms with Crippen molar-refractivity contribution in [3.8, 4) is 0 Å². The summed E-state index contributed by atoms with van der Waals surface area (Å²) in [6.07, 6.45) is 0. The second-order valence-electron chi connectivity index (χ2n) is 3.83. The Kier molecular flexibility index (Phi) is 4.90. The van der Waals surface area contributed by atoms with Crippen LogP contribution in [0.5, 0.6) is 0 Å². The van der Waals surface area contributed by atoms with E-state index in [0.717, 1.165) is 6.54 Å². The molecule has 0 aliphatic rings. The Labute approximate surface area is 75.1 Å². The third-order valence-electron chi connectivity index (χ3n) is 1.55. The summed E-state index contributed by atoms with van der Waals surface area (Å²) in [5.74, 6) is 0.207. The quantitative estimate of drug-likeness (QED) is 0.677. The summed E-state index contributed by atoms with van der Waals surface area (Å²) in [5.41, 5.74) is 0. The van der Waals surface area contributed by atoms with Gasteiger partial charge >= 0.3 is 0 Å². The van der Waals surface area contributed by atoms with Gasteiger partial charge in [0, 0.05) is 18.5 Å². The van der Waals surface area contributed by atoms with E-state index in [1.807, 2.05) is 34.9 Å². The number of carbonyl (C=O) groups is 1. The van der Waals surface area contributed by atoms with Gasteiger partial charge < -0.3 is 10.2 Å². The first kappa shape index (κ1) is 11.4. The summed E-state index contributed by atoms with van der Waals surface area (Å²) in [4.78, 5) is 13.3. The predicted molar refractivity (Wildman–Crippen MR) is 51.0 cm³/mol. The minimum atomic E-state index is 0.0783. The van der Waals surface area contributed by atoms with Crippen molar-refractivity contribution in [3.05, 3.63) is 0 Å². The van der Waals surface area contributed by atoms with E-state index in [2.05, 4.69) is 10.2 Å². The van der Waals surface area contributed by atoms with Gasteiger partial charge in [0.25, 0.3) is 0 Å². The molecule has 0 saturated heterocycles. The highest BCUT2D eigenvalue weighted by molar-refractivity contribution is 5.78. The van der Waals surface area contributed by atoms with Crippen LogP contribution >= 0.6 is 0 Å². The normalized spacial score (nSPS) is 13.6. The molecule has 3 nitrogen and oxygen atoms in total. The topological polar surface area (TPSA) is 32.3 Å². The van der Waals surface area contributed by atoms with Gasteiger partial charge in [-0.25, -0.2) is 0 Å². The molecule has 0 rings (SSSR count). The van der Waals surface area contributed by atoms with Crippen molar-refractivity contribution in [2.45, 2.75) is 26.8 Å². The molecule has 0 aliphatic carbocycles. The molecular formula is C9H20N2O. The van der Waals surface area contributed by atoms with E-state index in [1.54, 1.807) is 0 Å². The predicted octanol–water partition coefficient (Wildman–Crippen LogP) is 0.709. The van der Waals surface area contributed by atoms with Gasteiger partial charge in [0.15, 0.2) is 0 Å². The van der Waals surface area contributed by atoms with Gasteiger partial charge in [-0.3, -0.25) is 4.79 Å². The van der Waals surface area contributed by atoms with E-state index in [1.165, 1.54) is 0 Å². The zero-order chi connectivity index (χ0) is 9.72. The van der Waals surface area contributed by atoms with Crippen LogP contribution in [0.15, 0.2) is 0 Å². The average molecular weight is 172 g/mol. The molecule has 0 aliphatic heterocycles. The van der Waals surface area contributed by atoms with Gasteiger partial charge in [0.2, 0.25) is 5.91 Å². The lowest BCUT2D eigenvalue weighted by Gasteiger charge is -2.19. The van der Waals surface area contributed by atoms with E-state index in [0.29, 0.717) is 0 Å². The van der Waals surface area contributed by atoms with Crippen LogP contribution in [0.4, 0.5) is 0 Å². The molecule has 0 spiro atoms. The lowest BCUT2D eigenvalue weighted by molar-refractivity contribution is -0.124. The zero-order valence-corrected chi connectivity index (χ0v) is 8.72. The van der Waals surface area contributed by atoms with Crippen LogP contribution in [-0.2, 0) is 4.79 Å². The molecule has 1 unspecified atom stereocenters. The van der Waals surface area contributed by atoms with E-state index in [9.17, 15) is 4.79 Å². The van der Waals surface area contributed by atoms with Crippen LogP contribution in [0.1, 0.15) is 20.8 Å². The Morgan fingerprint density at radius 3 is 2.17 bits per heavy atom. The lowest BCUT2D eigenvalue weighted by atomic mass is 10.2. The maximum absolute atomic E-state index is 11.2. The molecule has 0 aromatic carbocycles. The molecule has 0 saturated carbocycles. The molecule has 0 heterocycles. The maximum Gasteiger partial charge on any atom is 0.222 e. The minimum absolute atomic E-state index is 0.0783. The Morgan fingerprint density at radius 2 is 1.83 bits per heavy atom. The fourth-order valence-corrected chi connectivity index (χ4v) is 1.00. The van der Waals surface area contributed by atoms with Gasteiger partial charge in [-0.1, -0.05) is 13.8 Å². The third-order valence-corrected chi connectivity index (χ3v) is 1.55. The molecule has 0 radical (unpaired) electrons. The van der Waals surface area contributed by atoms with Crippen molar-refractivity contribution in [2.75, 3.05) is 20.6 Å². The first-order valence-electron chi connectivity index (χ1n) is 4.38. The van der Waals surface area contributed by atoms with Crippen LogP contribution in [0.2, 0.25) is 0 Å². The van der Waals surface area contributed by atoms with E-state index in [-0.39, 0.29) is 17.9 Å². The monoisotopic (exact) mass is 172 g/mol. The fourth-order valence-electron chi connectivity index (χ4n) is 1.00. The molecule has 0 bridgehead atoms. The lowest BCUT2D eigenvalue weighted by Crippen LogP contribution is -2.41. The molecule has 0 fully saturated rings. The third kappa shape index (κ3) is 5.13. The number of nitrogens with one attached hydrogen (secondary N) is 1. The summed E-state index contributed by atoms with van der Waals surface area (Å²) in [6, 6.07) is 0.231. The number of hydrogen-bond donors (Lipinski definition) is 1. The number of carbonyl (C=O) groups excluding carboxylic acids is 1. The highest BCUT2D eigenvalue weighted by Gasteiger charge is 2.10. The van der Waals surface area contributed by atoms with Crippen molar-refractivity contribution in [3.63, 3.8) is 0 Å². The Morgan fingerprint density at radius 1 is 1.33 bits per heavy atom. The second-order valence-corrected chi connectivity index (χ2v) is 3.83. The SMILES string of the molecule is CC(CN(C)C)NC(=O)C(C)C. The standard InChI is InChI=1S/C9H20N2O/c1-7(2)9(12)10-8(3)6-11(4)5/h7-8H,6H2,1-5H3,(H,10,12). The van der Waals surface area contributed by atoms with Crippen molar-refractivity contribution < 1.29 is 4.79 Å². The summed E-state index contributed by atoms with van der Waals surface area (Å²) < 4.78 is 0. The number of hydrogen-bond acceptors (Lipinski definition) is 2. The highest BCUT2D eigenvalue weighted by Crippen LogP contribution is 1.93. The number of rotatable bonds is 4. The van der Waals surface area contributed by atoms with E-state index < -0.39 is 0 Å². The van der Waals surface area contributed by atoms with Gasteiger partial charge in [-0.05, 0) is 21.0 Å². The Bertz CT molecular complexity index is 143. The van der Waals surface area contributed by atoms with Crippen LogP contribution in [-0.4, -0.2) is 37.5 Å². The van der Waals surface area contributed by atoms with E-state index >= 15 is 0 Å².